The second-order valence-electron chi connectivity index (χ2n) is 5.57. The van der Waals surface area contributed by atoms with Crippen molar-refractivity contribution in [1.29, 1.82) is 0 Å². The van der Waals surface area contributed by atoms with Crippen LogP contribution in [0.5, 0.6) is 0 Å². The zero-order chi connectivity index (χ0) is 16.3. The molecule has 2 rings (SSSR count). The Balaban J connectivity index is 2.52. The van der Waals surface area contributed by atoms with Gasteiger partial charge >= 0.3 is 0 Å². The van der Waals surface area contributed by atoms with E-state index in [2.05, 4.69) is 0 Å². The Hall–Kier alpha value is -1.78. The fourth-order valence-electron chi connectivity index (χ4n) is 2.97. The molecule has 2 unspecified atom stereocenters. The molecule has 0 N–H and O–H groups in total. The first kappa shape index (κ1) is 16.6. The Morgan fingerprint density at radius 1 is 1.09 bits per heavy atom. The predicted octanol–water partition coefficient (Wildman–Crippen LogP) is 3.46. The van der Waals surface area contributed by atoms with Gasteiger partial charge in [0.25, 0.3) is 0 Å². The SMILES string of the molecule is Cc1cc(C)c(C(CS(=O)[O-])C(=O)c2ccccc2)c(C)c1. The fourth-order valence-corrected chi connectivity index (χ4v) is 3.56. The molecule has 0 aromatic heterocycles. The standard InChI is InChI=1S/C18H20O3S/c1-12-9-13(2)17(14(3)10-12)16(11-22(20)21)18(19)15-7-5-4-6-8-15/h4-10,16H,11H2,1-3H3,(H,20,21)/p-1. The molecule has 2 aromatic rings. The average molecular weight is 315 g/mol. The van der Waals surface area contributed by atoms with Gasteiger partial charge in [-0.2, -0.15) is 0 Å². The largest absolute Gasteiger partial charge is 0.772 e. The highest BCUT2D eigenvalue weighted by atomic mass is 32.2. The molecule has 0 saturated carbocycles. The number of hydrogen-bond acceptors (Lipinski definition) is 3. The van der Waals surface area contributed by atoms with Crippen molar-refractivity contribution in [1.82, 2.24) is 0 Å². The smallest absolute Gasteiger partial charge is 0.171 e. The number of aryl methyl sites for hydroxylation is 3. The third-order valence-corrected chi connectivity index (χ3v) is 4.37. The Morgan fingerprint density at radius 3 is 2.14 bits per heavy atom. The van der Waals surface area contributed by atoms with Crippen molar-refractivity contribution in [2.45, 2.75) is 26.7 Å². The first-order valence-electron chi connectivity index (χ1n) is 7.13. The first-order valence-corrected chi connectivity index (χ1v) is 8.37. The average Bonchev–Trinajstić information content (AvgIpc) is 2.45. The van der Waals surface area contributed by atoms with E-state index in [0.717, 1.165) is 22.3 Å². The molecule has 0 aliphatic carbocycles. The molecular formula is C18H19O3S-. The topological polar surface area (TPSA) is 57.2 Å². The molecule has 0 fully saturated rings. The van der Waals surface area contributed by atoms with E-state index in [4.69, 9.17) is 0 Å². The summed E-state index contributed by atoms with van der Waals surface area (Å²) in [6.45, 7) is 5.84. The summed E-state index contributed by atoms with van der Waals surface area (Å²) < 4.78 is 22.5. The molecule has 3 nitrogen and oxygen atoms in total. The molecule has 2 aromatic carbocycles. The van der Waals surface area contributed by atoms with Crippen LogP contribution in [0.4, 0.5) is 0 Å². The Labute approximate surface area is 133 Å². The zero-order valence-corrected chi connectivity index (χ0v) is 13.8. The Morgan fingerprint density at radius 2 is 1.64 bits per heavy atom. The van der Waals surface area contributed by atoms with Gasteiger partial charge < -0.3 is 4.55 Å². The second kappa shape index (κ2) is 6.99. The molecule has 0 radical (unpaired) electrons. The zero-order valence-electron chi connectivity index (χ0n) is 13.0. The van der Waals surface area contributed by atoms with Crippen LogP contribution in [-0.4, -0.2) is 20.3 Å². The van der Waals surface area contributed by atoms with Gasteiger partial charge in [-0.05, 0) is 37.5 Å². The molecule has 2 atom stereocenters. The van der Waals surface area contributed by atoms with Crippen molar-refractivity contribution in [3.8, 4) is 0 Å². The molecule has 0 heterocycles. The summed E-state index contributed by atoms with van der Waals surface area (Å²) in [6.07, 6.45) is 0. The summed E-state index contributed by atoms with van der Waals surface area (Å²) in [4.78, 5) is 12.8. The fraction of sp³-hybridized carbons (Fsp3) is 0.278. The number of benzene rings is 2. The van der Waals surface area contributed by atoms with Crippen molar-refractivity contribution >= 4 is 16.9 Å². The van der Waals surface area contributed by atoms with Gasteiger partial charge in [-0.15, -0.1) is 0 Å². The summed E-state index contributed by atoms with van der Waals surface area (Å²) in [7, 11) is 0. The van der Waals surface area contributed by atoms with Gasteiger partial charge in [-0.3, -0.25) is 9.00 Å². The highest BCUT2D eigenvalue weighted by molar-refractivity contribution is 7.79. The van der Waals surface area contributed by atoms with E-state index in [1.54, 1.807) is 24.3 Å². The van der Waals surface area contributed by atoms with Crippen LogP contribution < -0.4 is 0 Å². The molecule has 0 aliphatic heterocycles. The predicted molar refractivity (Wildman–Crippen MR) is 88.0 cm³/mol. The summed E-state index contributed by atoms with van der Waals surface area (Å²) in [6, 6.07) is 12.8. The molecule has 22 heavy (non-hydrogen) atoms. The van der Waals surface area contributed by atoms with E-state index >= 15 is 0 Å². The molecule has 116 valence electrons. The van der Waals surface area contributed by atoms with Gasteiger partial charge in [-0.25, -0.2) is 0 Å². The van der Waals surface area contributed by atoms with E-state index in [1.165, 1.54) is 0 Å². The van der Waals surface area contributed by atoms with Crippen LogP contribution >= 0.6 is 0 Å². The number of hydrogen-bond donors (Lipinski definition) is 0. The minimum Gasteiger partial charge on any atom is -0.772 e. The highest BCUT2D eigenvalue weighted by Crippen LogP contribution is 2.29. The molecule has 0 aliphatic rings. The molecule has 0 amide bonds. The molecular weight excluding hydrogens is 296 g/mol. The number of carbonyl (C=O) groups excluding carboxylic acids is 1. The van der Waals surface area contributed by atoms with Crippen molar-refractivity contribution in [3.63, 3.8) is 0 Å². The maximum atomic E-state index is 12.8. The molecule has 4 heteroatoms. The lowest BCUT2D eigenvalue weighted by Gasteiger charge is -2.22. The number of carbonyl (C=O) groups is 1. The van der Waals surface area contributed by atoms with Crippen LogP contribution in [0.1, 0.15) is 38.5 Å². The van der Waals surface area contributed by atoms with E-state index in [1.807, 2.05) is 39.0 Å². The lowest BCUT2D eigenvalue weighted by Crippen LogP contribution is -2.21. The van der Waals surface area contributed by atoms with Crippen molar-refractivity contribution in [2.75, 3.05) is 5.75 Å². The quantitative estimate of drug-likeness (QED) is 0.627. The number of rotatable bonds is 5. The normalized spacial score (nSPS) is 13.6. The summed E-state index contributed by atoms with van der Waals surface area (Å²) in [5.74, 6) is -1.01. The van der Waals surface area contributed by atoms with Gasteiger partial charge in [0, 0.05) is 11.3 Å². The monoisotopic (exact) mass is 315 g/mol. The minimum absolute atomic E-state index is 0.153. The third-order valence-electron chi connectivity index (χ3n) is 3.76. The van der Waals surface area contributed by atoms with Crippen molar-refractivity contribution < 1.29 is 13.6 Å². The van der Waals surface area contributed by atoms with Gasteiger partial charge in [0.05, 0.1) is 5.92 Å². The van der Waals surface area contributed by atoms with E-state index in [0.29, 0.717) is 5.56 Å². The van der Waals surface area contributed by atoms with Crippen LogP contribution in [-0.2, 0) is 11.1 Å². The van der Waals surface area contributed by atoms with Gasteiger partial charge in [-0.1, -0.05) is 59.1 Å². The van der Waals surface area contributed by atoms with Crippen LogP contribution in [0.25, 0.3) is 0 Å². The summed E-state index contributed by atoms with van der Waals surface area (Å²) >= 11 is -2.28. The summed E-state index contributed by atoms with van der Waals surface area (Å²) in [5, 5.41) is 0. The van der Waals surface area contributed by atoms with Crippen molar-refractivity contribution in [3.05, 3.63) is 70.3 Å². The van der Waals surface area contributed by atoms with E-state index in [9.17, 15) is 13.6 Å². The molecule has 0 spiro atoms. The van der Waals surface area contributed by atoms with E-state index in [-0.39, 0.29) is 11.5 Å². The second-order valence-corrected chi connectivity index (χ2v) is 6.51. The van der Waals surface area contributed by atoms with Gasteiger partial charge in [0.1, 0.15) is 0 Å². The van der Waals surface area contributed by atoms with Gasteiger partial charge in [0.2, 0.25) is 0 Å². The third kappa shape index (κ3) is 3.70. The lowest BCUT2D eigenvalue weighted by molar-refractivity contribution is 0.0966. The molecule has 0 saturated heterocycles. The highest BCUT2D eigenvalue weighted by Gasteiger charge is 2.25. The van der Waals surface area contributed by atoms with Crippen molar-refractivity contribution in [2.24, 2.45) is 0 Å². The Kier molecular flexibility index (Phi) is 5.27. The molecule has 0 bridgehead atoms. The van der Waals surface area contributed by atoms with Gasteiger partial charge in [0.15, 0.2) is 5.78 Å². The first-order chi connectivity index (χ1) is 10.4. The minimum atomic E-state index is -2.28. The van der Waals surface area contributed by atoms with Crippen LogP contribution in [0, 0.1) is 20.8 Å². The maximum Gasteiger partial charge on any atom is 0.171 e. The number of ketones is 1. The van der Waals surface area contributed by atoms with Crippen LogP contribution in [0.15, 0.2) is 42.5 Å². The summed E-state index contributed by atoms with van der Waals surface area (Å²) in [5.41, 5.74) is 4.38. The Bertz CT molecular complexity index is 685. The lowest BCUT2D eigenvalue weighted by atomic mass is 9.85. The van der Waals surface area contributed by atoms with Crippen LogP contribution in [0.2, 0.25) is 0 Å². The maximum absolute atomic E-state index is 12.8. The number of Topliss-reactive ketones (excluding diaryl/α,β-unsaturated/α-hetero) is 1. The van der Waals surface area contributed by atoms with E-state index < -0.39 is 17.0 Å². The van der Waals surface area contributed by atoms with Crippen LogP contribution in [0.3, 0.4) is 0 Å².